The highest BCUT2D eigenvalue weighted by Gasteiger charge is 2.53. The second-order valence-corrected chi connectivity index (χ2v) is 4.32. The van der Waals surface area contributed by atoms with Crippen molar-refractivity contribution in [2.24, 2.45) is 11.8 Å². The van der Waals surface area contributed by atoms with Gasteiger partial charge in [-0.15, -0.1) is 0 Å². The molecule has 0 amide bonds. The molecule has 2 aliphatic rings. The normalized spacial score (nSPS) is 47.7. The maximum absolute atomic E-state index is 11.5. The summed E-state index contributed by atoms with van der Waals surface area (Å²) in [6.07, 6.45) is 4.76. The Morgan fingerprint density at radius 3 is 2.83 bits per heavy atom. The lowest BCUT2D eigenvalue weighted by molar-refractivity contribution is -0.146. The Balaban J connectivity index is 2.30. The minimum absolute atomic E-state index is 0.0969. The molecule has 2 saturated carbocycles. The van der Waals surface area contributed by atoms with Crippen molar-refractivity contribution in [1.29, 1.82) is 0 Å². The van der Waals surface area contributed by atoms with Gasteiger partial charge in [0.2, 0.25) is 0 Å². The van der Waals surface area contributed by atoms with Gasteiger partial charge in [0.1, 0.15) is 5.60 Å². The molecule has 0 aromatic heterocycles. The third kappa shape index (κ3) is 0.875. The molecule has 0 aromatic rings. The number of hydrogen-bond acceptors (Lipinski definition) is 2. The van der Waals surface area contributed by atoms with E-state index in [0.717, 1.165) is 19.3 Å². The molecule has 1 N–H and O–H groups in total. The molecular formula is C10H16O2. The maximum atomic E-state index is 11.5. The topological polar surface area (TPSA) is 37.3 Å². The molecule has 2 heteroatoms. The minimum Gasteiger partial charge on any atom is -0.382 e. The summed E-state index contributed by atoms with van der Waals surface area (Å²) in [5, 5.41) is 10.2. The molecule has 2 fully saturated rings. The van der Waals surface area contributed by atoms with Gasteiger partial charge in [0, 0.05) is 6.42 Å². The molecule has 0 radical (unpaired) electrons. The quantitative estimate of drug-likeness (QED) is 0.595. The van der Waals surface area contributed by atoms with Crippen LogP contribution in [-0.2, 0) is 4.79 Å². The molecule has 12 heavy (non-hydrogen) atoms. The van der Waals surface area contributed by atoms with Gasteiger partial charge in [-0.05, 0) is 31.1 Å². The van der Waals surface area contributed by atoms with Crippen LogP contribution < -0.4 is 0 Å². The van der Waals surface area contributed by atoms with Crippen molar-refractivity contribution in [3.63, 3.8) is 0 Å². The number of aliphatic hydroxyl groups is 1. The smallest absolute Gasteiger partial charge is 0.164 e. The van der Waals surface area contributed by atoms with Gasteiger partial charge in [0.05, 0.1) is 0 Å². The molecule has 0 bridgehead atoms. The molecule has 0 unspecified atom stereocenters. The molecule has 2 nitrogen and oxygen atoms in total. The van der Waals surface area contributed by atoms with E-state index in [4.69, 9.17) is 0 Å². The third-order valence-corrected chi connectivity index (χ3v) is 3.73. The van der Waals surface area contributed by atoms with Gasteiger partial charge in [0.25, 0.3) is 0 Å². The zero-order valence-corrected chi connectivity index (χ0v) is 7.55. The van der Waals surface area contributed by atoms with Crippen LogP contribution in [0.4, 0.5) is 0 Å². The summed E-state index contributed by atoms with van der Waals surface area (Å²) >= 11 is 0. The Morgan fingerprint density at radius 1 is 1.42 bits per heavy atom. The van der Waals surface area contributed by atoms with Crippen LogP contribution in [0.3, 0.4) is 0 Å². The number of ketones is 1. The molecule has 0 spiro atoms. The van der Waals surface area contributed by atoms with Gasteiger partial charge >= 0.3 is 0 Å². The molecule has 0 heterocycles. The predicted molar refractivity (Wildman–Crippen MR) is 45.7 cm³/mol. The standard InChI is InChI=1S/C10H16O2/c1-7-3-2-4-8-5-6-9(11)10(7,8)12/h7-8,12H,2-6H2,1H3/t7-,8-,10-/m0/s1. The summed E-state index contributed by atoms with van der Waals surface area (Å²) in [5.41, 5.74) is -0.932. The highest BCUT2D eigenvalue weighted by Crippen LogP contribution is 2.46. The van der Waals surface area contributed by atoms with E-state index in [1.54, 1.807) is 0 Å². The van der Waals surface area contributed by atoms with Crippen LogP contribution in [-0.4, -0.2) is 16.5 Å². The summed E-state index contributed by atoms with van der Waals surface area (Å²) in [6.45, 7) is 2.01. The van der Waals surface area contributed by atoms with Gasteiger partial charge in [-0.25, -0.2) is 0 Å². The molecule has 0 aliphatic heterocycles. The van der Waals surface area contributed by atoms with E-state index in [9.17, 15) is 9.90 Å². The van der Waals surface area contributed by atoms with Crippen LogP contribution in [0.15, 0.2) is 0 Å². The van der Waals surface area contributed by atoms with Crippen LogP contribution in [0.2, 0.25) is 0 Å². The minimum atomic E-state index is -0.932. The maximum Gasteiger partial charge on any atom is 0.164 e. The van der Waals surface area contributed by atoms with Crippen molar-refractivity contribution in [1.82, 2.24) is 0 Å². The molecule has 68 valence electrons. The SMILES string of the molecule is C[C@H]1CCC[C@H]2CCC(=O)[C@@]21O. The first-order chi connectivity index (χ1) is 5.65. The van der Waals surface area contributed by atoms with Gasteiger partial charge in [-0.2, -0.15) is 0 Å². The van der Waals surface area contributed by atoms with Crippen LogP contribution in [0.25, 0.3) is 0 Å². The average molecular weight is 168 g/mol. The van der Waals surface area contributed by atoms with Crippen LogP contribution in [0.5, 0.6) is 0 Å². The lowest BCUT2D eigenvalue weighted by Gasteiger charge is -2.38. The van der Waals surface area contributed by atoms with E-state index >= 15 is 0 Å². The first-order valence-electron chi connectivity index (χ1n) is 4.91. The van der Waals surface area contributed by atoms with Gasteiger partial charge in [-0.3, -0.25) is 4.79 Å². The highest BCUT2D eigenvalue weighted by molar-refractivity contribution is 5.90. The zero-order valence-electron chi connectivity index (χ0n) is 7.55. The van der Waals surface area contributed by atoms with E-state index in [1.807, 2.05) is 6.92 Å². The van der Waals surface area contributed by atoms with E-state index < -0.39 is 5.60 Å². The van der Waals surface area contributed by atoms with E-state index in [0.29, 0.717) is 6.42 Å². The predicted octanol–water partition coefficient (Wildman–Crippen LogP) is 1.52. The summed E-state index contributed by atoms with van der Waals surface area (Å²) < 4.78 is 0. The van der Waals surface area contributed by atoms with E-state index in [2.05, 4.69) is 0 Å². The highest BCUT2D eigenvalue weighted by atomic mass is 16.3. The number of carbonyl (C=O) groups excluding carboxylic acids is 1. The Labute approximate surface area is 73.0 Å². The second-order valence-electron chi connectivity index (χ2n) is 4.32. The largest absolute Gasteiger partial charge is 0.382 e. The Hall–Kier alpha value is -0.370. The van der Waals surface area contributed by atoms with Crippen molar-refractivity contribution in [2.75, 3.05) is 0 Å². The Bertz CT molecular complexity index is 212. The molecule has 0 aromatic carbocycles. The Morgan fingerprint density at radius 2 is 2.17 bits per heavy atom. The molecule has 3 atom stereocenters. The fraction of sp³-hybridized carbons (Fsp3) is 0.900. The van der Waals surface area contributed by atoms with Gasteiger partial charge in [-0.1, -0.05) is 13.3 Å². The lowest BCUT2D eigenvalue weighted by atomic mass is 9.70. The molecular weight excluding hydrogens is 152 g/mol. The lowest BCUT2D eigenvalue weighted by Crippen LogP contribution is -2.48. The number of carbonyl (C=O) groups is 1. The zero-order chi connectivity index (χ0) is 8.77. The van der Waals surface area contributed by atoms with E-state index in [1.165, 1.54) is 6.42 Å². The van der Waals surface area contributed by atoms with Crippen LogP contribution >= 0.6 is 0 Å². The van der Waals surface area contributed by atoms with Crippen molar-refractivity contribution in [3.05, 3.63) is 0 Å². The van der Waals surface area contributed by atoms with Crippen LogP contribution in [0, 0.1) is 11.8 Å². The average Bonchev–Trinajstić information content (AvgIpc) is 2.33. The van der Waals surface area contributed by atoms with Gasteiger partial charge < -0.3 is 5.11 Å². The summed E-state index contributed by atoms with van der Waals surface area (Å²) in [7, 11) is 0. The monoisotopic (exact) mass is 168 g/mol. The number of rotatable bonds is 0. The fourth-order valence-corrected chi connectivity index (χ4v) is 2.89. The first kappa shape index (κ1) is 8.24. The number of fused-ring (bicyclic) bond motifs is 1. The summed E-state index contributed by atoms with van der Waals surface area (Å²) in [6, 6.07) is 0. The second kappa shape index (κ2) is 2.56. The Kier molecular flexibility index (Phi) is 1.76. The number of Topliss-reactive ketones (excluding diaryl/α,β-unsaturated/α-hetero) is 1. The van der Waals surface area contributed by atoms with Gasteiger partial charge in [0.15, 0.2) is 5.78 Å². The molecule has 0 saturated heterocycles. The van der Waals surface area contributed by atoms with Crippen molar-refractivity contribution in [2.45, 2.75) is 44.6 Å². The summed E-state index contributed by atoms with van der Waals surface area (Å²) in [4.78, 5) is 11.5. The van der Waals surface area contributed by atoms with Crippen molar-refractivity contribution in [3.8, 4) is 0 Å². The van der Waals surface area contributed by atoms with Crippen LogP contribution in [0.1, 0.15) is 39.0 Å². The van der Waals surface area contributed by atoms with Crippen molar-refractivity contribution < 1.29 is 9.90 Å². The fourth-order valence-electron chi connectivity index (χ4n) is 2.89. The van der Waals surface area contributed by atoms with E-state index in [-0.39, 0.29) is 17.6 Å². The van der Waals surface area contributed by atoms with Crippen molar-refractivity contribution >= 4 is 5.78 Å². The molecule has 2 rings (SSSR count). The molecule has 2 aliphatic carbocycles. The summed E-state index contributed by atoms with van der Waals surface area (Å²) in [5.74, 6) is 0.555. The number of hydrogen-bond donors (Lipinski definition) is 1. The third-order valence-electron chi connectivity index (χ3n) is 3.73. The first-order valence-corrected chi connectivity index (χ1v) is 4.91.